The molecule has 1 aliphatic heterocycles. The summed E-state index contributed by atoms with van der Waals surface area (Å²) >= 11 is 0. The van der Waals surface area contributed by atoms with E-state index in [4.69, 9.17) is 9.15 Å². The summed E-state index contributed by atoms with van der Waals surface area (Å²) in [6, 6.07) is 4.85. The number of aromatic hydroxyl groups is 4. The Hall–Kier alpha value is -3.68. The average molecular weight is 398 g/mol. The topological polar surface area (TPSA) is 137 Å². The summed E-state index contributed by atoms with van der Waals surface area (Å²) in [7, 11) is 0. The number of carbonyl (C=O) groups is 1. The van der Waals surface area contributed by atoms with Crippen molar-refractivity contribution in [1.29, 1.82) is 0 Å². The molecule has 8 heteroatoms. The van der Waals surface area contributed by atoms with E-state index in [0.29, 0.717) is 5.56 Å². The quantitative estimate of drug-likeness (QED) is 0.293. The number of hydrogen-bond donors (Lipinski definition) is 4. The minimum atomic E-state index is -0.867. The second-order valence-electron chi connectivity index (χ2n) is 7.35. The van der Waals surface area contributed by atoms with Crippen molar-refractivity contribution in [2.24, 2.45) is 5.92 Å². The van der Waals surface area contributed by atoms with Gasteiger partial charge in [0.05, 0.1) is 6.42 Å². The van der Waals surface area contributed by atoms with Gasteiger partial charge in [0, 0.05) is 23.1 Å². The van der Waals surface area contributed by atoms with Gasteiger partial charge in [-0.1, -0.05) is 13.8 Å². The maximum atomic E-state index is 12.8. The van der Waals surface area contributed by atoms with Gasteiger partial charge in [0.2, 0.25) is 11.2 Å². The Morgan fingerprint density at radius 3 is 2.38 bits per heavy atom. The molecule has 1 unspecified atom stereocenters. The van der Waals surface area contributed by atoms with E-state index < -0.39 is 28.6 Å². The van der Waals surface area contributed by atoms with Gasteiger partial charge in [0.1, 0.15) is 22.5 Å². The summed E-state index contributed by atoms with van der Waals surface area (Å²) in [5.41, 5.74) is -0.276. The highest BCUT2D eigenvalue weighted by Gasteiger charge is 2.35. The minimum absolute atomic E-state index is 0.00318. The summed E-state index contributed by atoms with van der Waals surface area (Å²) in [5, 5.41) is 39.8. The third-order valence-corrected chi connectivity index (χ3v) is 5.15. The molecule has 150 valence electrons. The molecular formula is C21H18O8. The van der Waals surface area contributed by atoms with Crippen molar-refractivity contribution in [3.63, 3.8) is 0 Å². The molecule has 2 aromatic carbocycles. The first-order valence-electron chi connectivity index (χ1n) is 8.97. The molecule has 8 nitrogen and oxygen atoms in total. The van der Waals surface area contributed by atoms with Crippen molar-refractivity contribution in [1.82, 2.24) is 0 Å². The van der Waals surface area contributed by atoms with Crippen LogP contribution in [0, 0.1) is 5.92 Å². The molecule has 0 amide bonds. The van der Waals surface area contributed by atoms with Crippen molar-refractivity contribution in [2.45, 2.75) is 26.2 Å². The summed E-state index contributed by atoms with van der Waals surface area (Å²) in [4.78, 5) is 24.8. The van der Waals surface area contributed by atoms with E-state index in [9.17, 15) is 30.0 Å². The van der Waals surface area contributed by atoms with Gasteiger partial charge in [-0.05, 0) is 24.1 Å². The molecule has 1 atom stereocenters. The molecule has 2 heterocycles. The summed E-state index contributed by atoms with van der Waals surface area (Å²) in [6.07, 6.45) is 0.0739. The van der Waals surface area contributed by atoms with Crippen LogP contribution in [0.1, 0.15) is 31.7 Å². The van der Waals surface area contributed by atoms with E-state index in [1.54, 1.807) is 0 Å². The Balaban J connectivity index is 2.11. The van der Waals surface area contributed by atoms with Gasteiger partial charge in [-0.15, -0.1) is 0 Å². The molecule has 0 saturated carbocycles. The van der Waals surface area contributed by atoms with Gasteiger partial charge in [-0.25, -0.2) is 0 Å². The lowest BCUT2D eigenvalue weighted by atomic mass is 9.82. The number of fused-ring (bicyclic) bond motifs is 3. The molecule has 0 aliphatic carbocycles. The number of carbonyl (C=O) groups excluding carboxylic acids is 1. The molecule has 3 aromatic rings. The molecule has 1 aliphatic rings. The second kappa shape index (κ2) is 6.44. The van der Waals surface area contributed by atoms with E-state index >= 15 is 0 Å². The lowest BCUT2D eigenvalue weighted by Gasteiger charge is -2.28. The highest BCUT2D eigenvalue weighted by Crippen LogP contribution is 2.47. The van der Waals surface area contributed by atoms with Gasteiger partial charge in [-0.3, -0.25) is 9.59 Å². The number of phenols is 3. The predicted octanol–water partition coefficient (Wildman–Crippen LogP) is 3.33. The zero-order valence-electron chi connectivity index (χ0n) is 15.6. The largest absolute Gasteiger partial charge is 0.507 e. The van der Waals surface area contributed by atoms with Gasteiger partial charge in [0.25, 0.3) is 0 Å². The van der Waals surface area contributed by atoms with Crippen molar-refractivity contribution in [3.8, 4) is 40.1 Å². The molecule has 0 saturated heterocycles. The Morgan fingerprint density at radius 1 is 1.00 bits per heavy atom. The van der Waals surface area contributed by atoms with Gasteiger partial charge in [0.15, 0.2) is 17.3 Å². The fraction of sp³-hybridized carbons (Fsp3) is 0.238. The van der Waals surface area contributed by atoms with Gasteiger partial charge >= 0.3 is 5.97 Å². The molecule has 0 bridgehead atoms. The number of esters is 1. The molecular weight excluding hydrogens is 380 g/mol. The number of hydrogen-bond acceptors (Lipinski definition) is 8. The summed E-state index contributed by atoms with van der Waals surface area (Å²) in [5.74, 6) is -3.03. The smallest absolute Gasteiger partial charge is 0.311 e. The van der Waals surface area contributed by atoms with Crippen molar-refractivity contribution < 1.29 is 34.4 Å². The van der Waals surface area contributed by atoms with Crippen molar-refractivity contribution >= 4 is 16.9 Å². The SMILES string of the molecule is CC(C)C1CC(=O)Oc2cc(O)c3c(=O)c(O)c(-c4ccc(O)c(O)c4)oc3c21. The molecule has 4 rings (SSSR count). The van der Waals surface area contributed by atoms with E-state index in [1.807, 2.05) is 13.8 Å². The van der Waals surface area contributed by atoms with Crippen LogP contribution in [0.25, 0.3) is 22.3 Å². The van der Waals surface area contributed by atoms with E-state index in [0.717, 1.165) is 6.07 Å². The fourth-order valence-corrected chi connectivity index (χ4v) is 3.65. The van der Waals surface area contributed by atoms with Crippen LogP contribution in [-0.4, -0.2) is 26.4 Å². The monoisotopic (exact) mass is 398 g/mol. The zero-order chi connectivity index (χ0) is 21.0. The predicted molar refractivity (Wildman–Crippen MR) is 102 cm³/mol. The van der Waals surface area contributed by atoms with Crippen molar-refractivity contribution in [3.05, 3.63) is 40.1 Å². The van der Waals surface area contributed by atoms with Crippen LogP contribution in [-0.2, 0) is 4.79 Å². The van der Waals surface area contributed by atoms with Crippen LogP contribution < -0.4 is 10.2 Å². The maximum absolute atomic E-state index is 12.8. The van der Waals surface area contributed by atoms with Crippen LogP contribution in [0.3, 0.4) is 0 Å². The molecule has 0 radical (unpaired) electrons. The Morgan fingerprint density at radius 2 is 1.72 bits per heavy atom. The summed E-state index contributed by atoms with van der Waals surface area (Å²) < 4.78 is 11.1. The minimum Gasteiger partial charge on any atom is -0.507 e. The Kier molecular flexibility index (Phi) is 4.15. The maximum Gasteiger partial charge on any atom is 0.311 e. The molecule has 1 aromatic heterocycles. The summed E-state index contributed by atoms with van der Waals surface area (Å²) in [6.45, 7) is 3.81. The Bertz CT molecular complexity index is 1220. The van der Waals surface area contributed by atoms with E-state index in [2.05, 4.69) is 0 Å². The van der Waals surface area contributed by atoms with Gasteiger partial charge < -0.3 is 29.6 Å². The standard InChI is InChI=1S/C21H18O8/c1-8(2)10-6-15(25)28-14-7-13(24)17-18(26)19(27)20(29-21(17)16(10)14)9-3-4-11(22)12(23)5-9/h3-5,7-8,10,22-24,27H,6H2,1-2H3. The third kappa shape index (κ3) is 2.84. The highest BCUT2D eigenvalue weighted by atomic mass is 16.5. The van der Waals surface area contributed by atoms with E-state index in [1.165, 1.54) is 18.2 Å². The number of benzene rings is 2. The van der Waals surface area contributed by atoms with E-state index in [-0.39, 0.29) is 52.0 Å². The molecule has 4 N–H and O–H groups in total. The zero-order valence-corrected chi connectivity index (χ0v) is 15.6. The van der Waals surface area contributed by atoms with Crippen molar-refractivity contribution in [2.75, 3.05) is 0 Å². The second-order valence-corrected chi connectivity index (χ2v) is 7.35. The van der Waals surface area contributed by atoms with Crippen LogP contribution in [0.5, 0.6) is 28.7 Å². The normalized spacial score (nSPS) is 16.1. The average Bonchev–Trinajstić information content (AvgIpc) is 2.65. The van der Waals surface area contributed by atoms with Crippen LogP contribution >= 0.6 is 0 Å². The first kappa shape index (κ1) is 18.7. The first-order valence-corrected chi connectivity index (χ1v) is 8.97. The number of phenolic OH excluding ortho intramolecular Hbond substituents is 3. The lowest BCUT2D eigenvalue weighted by molar-refractivity contribution is -0.136. The van der Waals surface area contributed by atoms with Crippen LogP contribution in [0.2, 0.25) is 0 Å². The van der Waals surface area contributed by atoms with Gasteiger partial charge in [-0.2, -0.15) is 0 Å². The molecule has 0 fully saturated rings. The number of rotatable bonds is 2. The molecule has 0 spiro atoms. The first-order chi connectivity index (χ1) is 13.7. The highest BCUT2D eigenvalue weighted by molar-refractivity contribution is 5.93. The lowest BCUT2D eigenvalue weighted by Crippen LogP contribution is -2.24. The Labute approximate surface area is 164 Å². The fourth-order valence-electron chi connectivity index (χ4n) is 3.65. The third-order valence-electron chi connectivity index (χ3n) is 5.15. The number of ether oxygens (including phenoxy) is 1. The van der Waals surface area contributed by atoms with Crippen LogP contribution in [0.15, 0.2) is 33.5 Å². The molecule has 29 heavy (non-hydrogen) atoms. The van der Waals surface area contributed by atoms with Crippen LogP contribution in [0.4, 0.5) is 0 Å².